The van der Waals surface area contributed by atoms with Gasteiger partial charge in [0.05, 0.1) is 13.2 Å². The predicted molar refractivity (Wildman–Crippen MR) is 114 cm³/mol. The maximum Gasteiger partial charge on any atom is 0.239 e. The van der Waals surface area contributed by atoms with E-state index in [1.54, 1.807) is 12.1 Å². The smallest absolute Gasteiger partial charge is 0.239 e. The Labute approximate surface area is 175 Å². The number of hydrogen-bond acceptors (Lipinski definition) is 3. The molecule has 5 rings (SSSR count). The first-order chi connectivity index (χ1) is 14.5. The minimum Gasteiger partial charge on any atom is -0.378 e. The summed E-state index contributed by atoms with van der Waals surface area (Å²) in [6.07, 6.45) is 4.44. The van der Waals surface area contributed by atoms with Crippen LogP contribution in [-0.4, -0.2) is 24.1 Å². The number of pyridine rings is 1. The van der Waals surface area contributed by atoms with Gasteiger partial charge in [-0.05, 0) is 66.8 Å². The molecular formula is C25H23FN2O2. The molecule has 2 aliphatic rings. The lowest BCUT2D eigenvalue weighted by atomic mass is 9.77. The molecule has 1 N–H and O–H groups in total. The number of halogens is 1. The molecule has 1 aliphatic carbocycles. The SMILES string of the molecule is Cc1cc(C2CC2)ncc1-c1ccc(C2(C(=O)Nc3ccc(F)cc3)COC2)cc1. The fraction of sp³-hybridized carbons (Fsp3) is 0.280. The third-order valence-corrected chi connectivity index (χ3v) is 6.11. The van der Waals surface area contributed by atoms with E-state index in [2.05, 4.69) is 23.3 Å². The Balaban J connectivity index is 1.38. The summed E-state index contributed by atoms with van der Waals surface area (Å²) in [6, 6.07) is 16.1. The fourth-order valence-electron chi connectivity index (χ4n) is 3.97. The quantitative estimate of drug-likeness (QED) is 0.655. The van der Waals surface area contributed by atoms with Crippen LogP contribution in [0.15, 0.2) is 60.8 Å². The summed E-state index contributed by atoms with van der Waals surface area (Å²) in [4.78, 5) is 17.7. The first-order valence-electron chi connectivity index (χ1n) is 10.3. The number of aryl methyl sites for hydroxylation is 1. The number of ether oxygens (including phenoxy) is 1. The van der Waals surface area contributed by atoms with Crippen molar-refractivity contribution in [1.82, 2.24) is 4.98 Å². The van der Waals surface area contributed by atoms with Crippen LogP contribution in [0, 0.1) is 12.7 Å². The van der Waals surface area contributed by atoms with Crippen molar-refractivity contribution in [3.63, 3.8) is 0 Å². The Morgan fingerprint density at radius 2 is 1.80 bits per heavy atom. The van der Waals surface area contributed by atoms with E-state index in [0.717, 1.165) is 16.7 Å². The van der Waals surface area contributed by atoms with E-state index in [0.29, 0.717) is 24.8 Å². The summed E-state index contributed by atoms with van der Waals surface area (Å²) < 4.78 is 18.5. The van der Waals surface area contributed by atoms with Crippen LogP contribution in [0.4, 0.5) is 10.1 Å². The fourth-order valence-corrected chi connectivity index (χ4v) is 3.97. The topological polar surface area (TPSA) is 51.2 Å². The second kappa shape index (κ2) is 7.33. The molecule has 1 saturated heterocycles. The number of carbonyl (C=O) groups is 1. The molecular weight excluding hydrogens is 379 g/mol. The highest BCUT2D eigenvalue weighted by Crippen LogP contribution is 2.40. The molecule has 0 atom stereocenters. The van der Waals surface area contributed by atoms with E-state index in [1.807, 2.05) is 30.5 Å². The molecule has 152 valence electrons. The highest BCUT2D eigenvalue weighted by atomic mass is 19.1. The molecule has 2 aromatic carbocycles. The van der Waals surface area contributed by atoms with Gasteiger partial charge < -0.3 is 10.1 Å². The van der Waals surface area contributed by atoms with Crippen LogP contribution >= 0.6 is 0 Å². The first-order valence-corrected chi connectivity index (χ1v) is 10.3. The number of amides is 1. The summed E-state index contributed by atoms with van der Waals surface area (Å²) in [6.45, 7) is 2.78. The van der Waals surface area contributed by atoms with Gasteiger partial charge in [0.15, 0.2) is 0 Å². The molecule has 1 aromatic heterocycles. The molecule has 1 saturated carbocycles. The Bertz CT molecular complexity index is 1090. The third-order valence-electron chi connectivity index (χ3n) is 6.11. The number of hydrogen-bond donors (Lipinski definition) is 1. The maximum absolute atomic E-state index is 13.1. The summed E-state index contributed by atoms with van der Waals surface area (Å²) in [5.74, 6) is 0.165. The molecule has 1 amide bonds. The minimum absolute atomic E-state index is 0.139. The molecule has 2 fully saturated rings. The van der Waals surface area contributed by atoms with Crippen molar-refractivity contribution in [2.45, 2.75) is 31.1 Å². The zero-order valence-electron chi connectivity index (χ0n) is 16.8. The first kappa shape index (κ1) is 18.9. The number of benzene rings is 2. The number of nitrogens with one attached hydrogen (secondary N) is 1. The Morgan fingerprint density at radius 3 is 2.37 bits per heavy atom. The molecule has 3 aromatic rings. The van der Waals surface area contributed by atoms with Crippen LogP contribution in [0.1, 0.15) is 35.6 Å². The van der Waals surface area contributed by atoms with Gasteiger partial charge in [0.2, 0.25) is 5.91 Å². The van der Waals surface area contributed by atoms with Crippen molar-refractivity contribution >= 4 is 11.6 Å². The van der Waals surface area contributed by atoms with Gasteiger partial charge in [0.25, 0.3) is 0 Å². The van der Waals surface area contributed by atoms with Gasteiger partial charge in [-0.2, -0.15) is 0 Å². The van der Waals surface area contributed by atoms with Gasteiger partial charge in [-0.25, -0.2) is 4.39 Å². The zero-order valence-corrected chi connectivity index (χ0v) is 16.8. The van der Waals surface area contributed by atoms with E-state index in [1.165, 1.54) is 36.2 Å². The number of anilines is 1. The van der Waals surface area contributed by atoms with Gasteiger partial charge >= 0.3 is 0 Å². The molecule has 5 heteroatoms. The van der Waals surface area contributed by atoms with Crippen LogP contribution in [-0.2, 0) is 14.9 Å². The molecule has 0 radical (unpaired) electrons. The Kier molecular flexibility index (Phi) is 4.63. The lowest BCUT2D eigenvalue weighted by Gasteiger charge is -2.40. The van der Waals surface area contributed by atoms with Crippen LogP contribution in [0.3, 0.4) is 0 Å². The standard InChI is InChI=1S/C25H23FN2O2/c1-16-12-23(18-2-3-18)27-13-22(16)17-4-6-19(7-5-17)25(14-30-15-25)24(29)28-21-10-8-20(26)9-11-21/h4-13,18H,2-3,14-15H2,1H3,(H,28,29). The van der Waals surface area contributed by atoms with Crippen LogP contribution < -0.4 is 5.32 Å². The van der Waals surface area contributed by atoms with Crippen LogP contribution in [0.25, 0.3) is 11.1 Å². The summed E-state index contributed by atoms with van der Waals surface area (Å²) in [7, 11) is 0. The molecule has 4 nitrogen and oxygen atoms in total. The maximum atomic E-state index is 13.1. The number of nitrogens with zero attached hydrogens (tertiary/aromatic N) is 1. The molecule has 0 unspecified atom stereocenters. The minimum atomic E-state index is -0.726. The summed E-state index contributed by atoms with van der Waals surface area (Å²) >= 11 is 0. The van der Waals surface area contributed by atoms with Crippen LogP contribution in [0.2, 0.25) is 0 Å². The second-order valence-electron chi connectivity index (χ2n) is 8.31. The van der Waals surface area contributed by atoms with Gasteiger partial charge in [-0.15, -0.1) is 0 Å². The van der Waals surface area contributed by atoms with Crippen molar-refractivity contribution in [3.05, 3.63) is 83.4 Å². The Hall–Kier alpha value is -3.05. The van der Waals surface area contributed by atoms with E-state index < -0.39 is 5.41 Å². The normalized spacial score (nSPS) is 17.3. The molecule has 2 heterocycles. The lowest BCUT2D eigenvalue weighted by Crippen LogP contribution is -2.55. The van der Waals surface area contributed by atoms with Crippen LogP contribution in [0.5, 0.6) is 0 Å². The van der Waals surface area contributed by atoms with Crippen molar-refractivity contribution in [2.24, 2.45) is 0 Å². The van der Waals surface area contributed by atoms with E-state index >= 15 is 0 Å². The van der Waals surface area contributed by atoms with Crippen molar-refractivity contribution in [2.75, 3.05) is 18.5 Å². The number of rotatable bonds is 5. The lowest BCUT2D eigenvalue weighted by molar-refractivity contribution is -0.139. The van der Waals surface area contributed by atoms with E-state index in [-0.39, 0.29) is 11.7 Å². The third kappa shape index (κ3) is 3.39. The second-order valence-corrected chi connectivity index (χ2v) is 8.31. The Morgan fingerprint density at radius 1 is 1.10 bits per heavy atom. The molecule has 0 spiro atoms. The average Bonchev–Trinajstić information content (AvgIpc) is 3.55. The number of carbonyl (C=O) groups excluding carboxylic acids is 1. The monoisotopic (exact) mass is 402 g/mol. The van der Waals surface area contributed by atoms with Crippen molar-refractivity contribution in [1.29, 1.82) is 0 Å². The average molecular weight is 402 g/mol. The van der Waals surface area contributed by atoms with Gasteiger partial charge in [-0.1, -0.05) is 24.3 Å². The number of aromatic nitrogens is 1. The largest absolute Gasteiger partial charge is 0.378 e. The highest BCUT2D eigenvalue weighted by Gasteiger charge is 2.47. The summed E-state index contributed by atoms with van der Waals surface area (Å²) in [5.41, 5.74) is 5.36. The predicted octanol–water partition coefficient (Wildman–Crippen LogP) is 4.98. The van der Waals surface area contributed by atoms with Gasteiger partial charge in [-0.3, -0.25) is 9.78 Å². The zero-order chi connectivity index (χ0) is 20.7. The van der Waals surface area contributed by atoms with Crippen molar-refractivity contribution in [3.8, 4) is 11.1 Å². The van der Waals surface area contributed by atoms with Crippen molar-refractivity contribution < 1.29 is 13.9 Å². The van der Waals surface area contributed by atoms with E-state index in [4.69, 9.17) is 4.74 Å². The van der Waals surface area contributed by atoms with E-state index in [9.17, 15) is 9.18 Å². The van der Waals surface area contributed by atoms with Gasteiger partial charge in [0.1, 0.15) is 11.2 Å². The summed E-state index contributed by atoms with van der Waals surface area (Å²) in [5, 5.41) is 2.89. The molecule has 30 heavy (non-hydrogen) atoms. The molecule has 1 aliphatic heterocycles. The molecule has 0 bridgehead atoms. The highest BCUT2D eigenvalue weighted by molar-refractivity contribution is 6.00. The van der Waals surface area contributed by atoms with Gasteiger partial charge in [0, 0.05) is 29.1 Å².